The summed E-state index contributed by atoms with van der Waals surface area (Å²) in [5.41, 5.74) is 7.55. The van der Waals surface area contributed by atoms with Gasteiger partial charge in [-0.1, -0.05) is 0 Å². The molecule has 6 heteroatoms. The third-order valence-electron chi connectivity index (χ3n) is 2.61. The molecule has 0 saturated carbocycles. The number of methoxy groups -OCH3 is 1. The summed E-state index contributed by atoms with van der Waals surface area (Å²) in [6.45, 7) is 1.13. The van der Waals surface area contributed by atoms with E-state index in [1.807, 2.05) is 25.2 Å². The van der Waals surface area contributed by atoms with Gasteiger partial charge in [-0.25, -0.2) is 4.68 Å². The highest BCUT2D eigenvalue weighted by Crippen LogP contribution is 2.15. The SMILES string of the molecule is COc1cc(NCc2ccnc(CN)c2)nn1C. The molecular weight excluding hydrogens is 230 g/mol. The van der Waals surface area contributed by atoms with Crippen LogP contribution in [0.5, 0.6) is 5.88 Å². The van der Waals surface area contributed by atoms with Crippen LogP contribution in [-0.2, 0) is 20.1 Å². The molecule has 0 radical (unpaired) electrons. The number of hydrogen-bond acceptors (Lipinski definition) is 5. The monoisotopic (exact) mass is 247 g/mol. The van der Waals surface area contributed by atoms with Crippen LogP contribution in [0.3, 0.4) is 0 Å². The first-order valence-electron chi connectivity index (χ1n) is 5.68. The molecule has 0 amide bonds. The maximum absolute atomic E-state index is 5.55. The Hall–Kier alpha value is -2.08. The van der Waals surface area contributed by atoms with Crippen molar-refractivity contribution in [2.45, 2.75) is 13.1 Å². The minimum atomic E-state index is 0.450. The zero-order valence-electron chi connectivity index (χ0n) is 10.6. The Labute approximate surface area is 106 Å². The molecule has 3 N–H and O–H groups in total. The highest BCUT2D eigenvalue weighted by atomic mass is 16.5. The molecule has 0 fully saturated rings. The molecule has 2 heterocycles. The standard InChI is InChI=1S/C12H17N5O/c1-17-12(18-2)6-11(16-17)15-8-9-3-4-14-10(5-9)7-13/h3-6H,7-8,13H2,1-2H3,(H,15,16). The van der Waals surface area contributed by atoms with Crippen molar-refractivity contribution in [1.29, 1.82) is 0 Å². The Morgan fingerprint density at radius 2 is 2.28 bits per heavy atom. The van der Waals surface area contributed by atoms with E-state index in [2.05, 4.69) is 15.4 Å². The summed E-state index contributed by atoms with van der Waals surface area (Å²) in [5, 5.41) is 7.51. The van der Waals surface area contributed by atoms with Crippen LogP contribution in [-0.4, -0.2) is 21.9 Å². The van der Waals surface area contributed by atoms with Gasteiger partial charge in [-0.2, -0.15) is 5.10 Å². The molecule has 0 aromatic carbocycles. The lowest BCUT2D eigenvalue weighted by Crippen LogP contribution is -2.04. The fourth-order valence-electron chi connectivity index (χ4n) is 1.67. The van der Waals surface area contributed by atoms with E-state index < -0.39 is 0 Å². The molecule has 2 rings (SSSR count). The van der Waals surface area contributed by atoms with Gasteiger partial charge >= 0.3 is 0 Å². The minimum Gasteiger partial charge on any atom is -0.481 e. The molecule has 2 aromatic heterocycles. The third-order valence-corrected chi connectivity index (χ3v) is 2.61. The molecule has 0 aliphatic heterocycles. The Kier molecular flexibility index (Phi) is 3.78. The van der Waals surface area contributed by atoms with Gasteiger partial charge in [-0.3, -0.25) is 4.98 Å². The highest BCUT2D eigenvalue weighted by molar-refractivity contribution is 5.39. The lowest BCUT2D eigenvalue weighted by molar-refractivity contribution is 0.373. The molecule has 2 aromatic rings. The Bertz CT molecular complexity index is 523. The van der Waals surface area contributed by atoms with Gasteiger partial charge in [0.05, 0.1) is 12.8 Å². The second-order valence-electron chi connectivity index (χ2n) is 3.91. The first-order valence-corrected chi connectivity index (χ1v) is 5.68. The van der Waals surface area contributed by atoms with Crippen LogP contribution in [0.1, 0.15) is 11.3 Å². The zero-order valence-corrected chi connectivity index (χ0v) is 10.6. The number of ether oxygens (including phenoxy) is 1. The average Bonchev–Trinajstić information content (AvgIpc) is 2.77. The summed E-state index contributed by atoms with van der Waals surface area (Å²) < 4.78 is 6.83. The van der Waals surface area contributed by atoms with Crippen molar-refractivity contribution in [1.82, 2.24) is 14.8 Å². The van der Waals surface area contributed by atoms with Gasteiger partial charge in [0.2, 0.25) is 5.88 Å². The van der Waals surface area contributed by atoms with E-state index in [1.165, 1.54) is 0 Å². The fraction of sp³-hybridized carbons (Fsp3) is 0.333. The van der Waals surface area contributed by atoms with Crippen molar-refractivity contribution in [3.05, 3.63) is 35.7 Å². The van der Waals surface area contributed by atoms with Crippen LogP contribution in [0.2, 0.25) is 0 Å². The van der Waals surface area contributed by atoms with E-state index >= 15 is 0 Å². The predicted molar refractivity (Wildman–Crippen MR) is 69.2 cm³/mol. The molecule has 0 saturated heterocycles. The average molecular weight is 247 g/mol. The fourth-order valence-corrected chi connectivity index (χ4v) is 1.67. The van der Waals surface area contributed by atoms with Crippen molar-refractivity contribution >= 4 is 5.82 Å². The highest BCUT2D eigenvalue weighted by Gasteiger charge is 2.04. The zero-order chi connectivity index (χ0) is 13.0. The quantitative estimate of drug-likeness (QED) is 0.820. The topological polar surface area (TPSA) is 78.0 Å². The predicted octanol–water partition coefficient (Wildman–Crippen LogP) is 0.894. The number of nitrogens with two attached hydrogens (primary N) is 1. The second-order valence-corrected chi connectivity index (χ2v) is 3.91. The van der Waals surface area contributed by atoms with Crippen molar-refractivity contribution < 1.29 is 4.74 Å². The van der Waals surface area contributed by atoms with Crippen LogP contribution in [0.15, 0.2) is 24.4 Å². The maximum Gasteiger partial charge on any atom is 0.213 e. The van der Waals surface area contributed by atoms with Crippen LogP contribution < -0.4 is 15.8 Å². The Balaban J connectivity index is 2.01. The summed E-state index contributed by atoms with van der Waals surface area (Å²) in [6, 6.07) is 5.78. The molecular formula is C12H17N5O. The lowest BCUT2D eigenvalue weighted by atomic mass is 10.2. The van der Waals surface area contributed by atoms with Gasteiger partial charge in [0, 0.05) is 32.4 Å². The largest absolute Gasteiger partial charge is 0.481 e. The third kappa shape index (κ3) is 2.78. The van der Waals surface area contributed by atoms with Gasteiger partial charge in [0.25, 0.3) is 0 Å². The Morgan fingerprint density at radius 3 is 2.94 bits per heavy atom. The summed E-state index contributed by atoms with van der Waals surface area (Å²) in [5.74, 6) is 1.50. The number of nitrogens with zero attached hydrogens (tertiary/aromatic N) is 3. The molecule has 0 atom stereocenters. The molecule has 0 spiro atoms. The number of hydrogen-bond donors (Lipinski definition) is 2. The van der Waals surface area contributed by atoms with Crippen molar-refractivity contribution in [2.75, 3.05) is 12.4 Å². The molecule has 0 aliphatic rings. The number of nitrogens with one attached hydrogen (secondary N) is 1. The van der Waals surface area contributed by atoms with E-state index in [9.17, 15) is 0 Å². The maximum atomic E-state index is 5.55. The van der Waals surface area contributed by atoms with Crippen LogP contribution >= 0.6 is 0 Å². The van der Waals surface area contributed by atoms with E-state index in [0.29, 0.717) is 13.1 Å². The minimum absolute atomic E-state index is 0.450. The molecule has 0 unspecified atom stereocenters. The molecule has 6 nitrogen and oxygen atoms in total. The summed E-state index contributed by atoms with van der Waals surface area (Å²) in [4.78, 5) is 4.15. The number of rotatable bonds is 5. The number of aryl methyl sites for hydroxylation is 1. The van der Waals surface area contributed by atoms with Crippen LogP contribution in [0.25, 0.3) is 0 Å². The number of aromatic nitrogens is 3. The summed E-state index contributed by atoms with van der Waals surface area (Å²) in [7, 11) is 3.46. The smallest absolute Gasteiger partial charge is 0.213 e. The molecule has 96 valence electrons. The van der Waals surface area contributed by atoms with Crippen LogP contribution in [0, 0.1) is 0 Å². The molecule has 0 bridgehead atoms. The van der Waals surface area contributed by atoms with Crippen molar-refractivity contribution in [2.24, 2.45) is 12.8 Å². The van der Waals surface area contributed by atoms with Crippen LogP contribution in [0.4, 0.5) is 5.82 Å². The lowest BCUT2D eigenvalue weighted by Gasteiger charge is -2.04. The second kappa shape index (κ2) is 5.50. The van der Waals surface area contributed by atoms with Crippen molar-refractivity contribution in [3.8, 4) is 5.88 Å². The van der Waals surface area contributed by atoms with Crippen molar-refractivity contribution in [3.63, 3.8) is 0 Å². The van der Waals surface area contributed by atoms with Gasteiger partial charge in [0.1, 0.15) is 0 Å². The van der Waals surface area contributed by atoms with E-state index in [0.717, 1.165) is 23.0 Å². The van der Waals surface area contributed by atoms with Gasteiger partial charge in [0.15, 0.2) is 5.82 Å². The first-order chi connectivity index (χ1) is 8.72. The van der Waals surface area contributed by atoms with E-state index in [1.54, 1.807) is 18.0 Å². The summed E-state index contributed by atoms with van der Waals surface area (Å²) >= 11 is 0. The number of pyridine rings is 1. The summed E-state index contributed by atoms with van der Waals surface area (Å²) in [6.07, 6.45) is 1.76. The van der Waals surface area contributed by atoms with E-state index in [-0.39, 0.29) is 0 Å². The Morgan fingerprint density at radius 1 is 1.44 bits per heavy atom. The molecule has 0 aliphatic carbocycles. The first kappa shape index (κ1) is 12.4. The van der Waals surface area contributed by atoms with Gasteiger partial charge in [-0.15, -0.1) is 0 Å². The normalized spacial score (nSPS) is 10.4. The number of anilines is 1. The van der Waals surface area contributed by atoms with Gasteiger partial charge in [-0.05, 0) is 17.7 Å². The van der Waals surface area contributed by atoms with Gasteiger partial charge < -0.3 is 15.8 Å². The molecule has 18 heavy (non-hydrogen) atoms. The van der Waals surface area contributed by atoms with E-state index in [4.69, 9.17) is 10.5 Å².